The minimum atomic E-state index is -0.812. The normalized spacial score (nSPS) is 12.9. The highest BCUT2D eigenvalue weighted by molar-refractivity contribution is 7.84. The molecule has 0 rings (SSSR count). The van der Waals surface area contributed by atoms with Crippen LogP contribution in [-0.4, -0.2) is 40.9 Å². The second kappa shape index (κ2) is 7.94. The molecule has 0 saturated heterocycles. The number of hydrogen-bond acceptors (Lipinski definition) is 3. The number of carbonyl (C=O) groups excluding carboxylic acids is 1. The van der Waals surface area contributed by atoms with Crippen LogP contribution in [0.15, 0.2) is 0 Å². The third-order valence-electron chi connectivity index (χ3n) is 1.52. The van der Waals surface area contributed by atoms with Crippen LogP contribution in [0.3, 0.4) is 0 Å². The minimum absolute atomic E-state index is 0.0607. The second-order valence-electron chi connectivity index (χ2n) is 3.14. The van der Waals surface area contributed by atoms with Gasteiger partial charge >= 0.3 is 0 Å². The number of nitrogens with one attached hydrogen (secondary N) is 1. The van der Waals surface area contributed by atoms with E-state index >= 15 is 0 Å². The standard InChI is InChI=1S/C9H19NO3S/c1-4-14(12)6-5-10-9(11)7-13-8(2)3/h8H,4-7H2,1-3H3,(H,10,11). The predicted octanol–water partition coefficient (Wildman–Crippen LogP) is 0.296. The van der Waals surface area contributed by atoms with Gasteiger partial charge in [-0.25, -0.2) is 0 Å². The molecule has 0 spiro atoms. The molecule has 5 heteroatoms. The van der Waals surface area contributed by atoms with Gasteiger partial charge in [0.25, 0.3) is 0 Å². The van der Waals surface area contributed by atoms with Gasteiger partial charge in [0.05, 0.1) is 6.10 Å². The van der Waals surface area contributed by atoms with E-state index in [1.54, 1.807) is 0 Å². The Morgan fingerprint density at radius 3 is 2.64 bits per heavy atom. The third kappa shape index (κ3) is 8.19. The van der Waals surface area contributed by atoms with Gasteiger partial charge in [0, 0.05) is 28.9 Å². The molecule has 0 aliphatic carbocycles. The summed E-state index contributed by atoms with van der Waals surface area (Å²) in [5.41, 5.74) is 0. The molecule has 14 heavy (non-hydrogen) atoms. The van der Waals surface area contributed by atoms with Crippen molar-refractivity contribution in [3.8, 4) is 0 Å². The van der Waals surface area contributed by atoms with Crippen LogP contribution in [0.2, 0.25) is 0 Å². The van der Waals surface area contributed by atoms with Crippen LogP contribution in [0.25, 0.3) is 0 Å². The van der Waals surface area contributed by atoms with Gasteiger partial charge in [0.2, 0.25) is 5.91 Å². The van der Waals surface area contributed by atoms with E-state index in [4.69, 9.17) is 4.74 Å². The summed E-state index contributed by atoms with van der Waals surface area (Å²) >= 11 is 0. The average Bonchev–Trinajstić information content (AvgIpc) is 2.14. The number of amides is 1. The van der Waals surface area contributed by atoms with Gasteiger partial charge in [-0.1, -0.05) is 6.92 Å². The van der Waals surface area contributed by atoms with Crippen LogP contribution in [0.1, 0.15) is 20.8 Å². The number of hydrogen-bond donors (Lipinski definition) is 1. The number of ether oxygens (including phenoxy) is 1. The zero-order valence-electron chi connectivity index (χ0n) is 9.04. The van der Waals surface area contributed by atoms with Crippen molar-refractivity contribution in [1.82, 2.24) is 5.32 Å². The van der Waals surface area contributed by atoms with Crippen molar-refractivity contribution in [2.45, 2.75) is 26.9 Å². The molecule has 0 fully saturated rings. The zero-order valence-corrected chi connectivity index (χ0v) is 9.86. The quantitative estimate of drug-likeness (QED) is 0.672. The molecule has 0 bridgehead atoms. The Balaban J connectivity index is 3.40. The molecular formula is C9H19NO3S. The maximum absolute atomic E-state index is 11.1. The first-order valence-electron chi connectivity index (χ1n) is 4.79. The van der Waals surface area contributed by atoms with E-state index in [0.29, 0.717) is 18.1 Å². The molecule has 84 valence electrons. The van der Waals surface area contributed by atoms with Crippen molar-refractivity contribution in [2.75, 3.05) is 24.7 Å². The second-order valence-corrected chi connectivity index (χ2v) is 5.01. The summed E-state index contributed by atoms with van der Waals surface area (Å²) in [4.78, 5) is 11.1. The molecule has 0 aliphatic heterocycles. The molecular weight excluding hydrogens is 202 g/mol. The lowest BCUT2D eigenvalue weighted by Gasteiger charge is -2.07. The van der Waals surface area contributed by atoms with E-state index in [1.807, 2.05) is 20.8 Å². The van der Waals surface area contributed by atoms with Gasteiger partial charge in [-0.05, 0) is 13.8 Å². The molecule has 4 nitrogen and oxygen atoms in total. The summed E-state index contributed by atoms with van der Waals surface area (Å²) < 4.78 is 16.1. The molecule has 0 aromatic rings. The van der Waals surface area contributed by atoms with Crippen molar-refractivity contribution >= 4 is 16.7 Å². The smallest absolute Gasteiger partial charge is 0.246 e. The molecule has 0 aromatic carbocycles. The summed E-state index contributed by atoms with van der Waals surface area (Å²) in [6.45, 7) is 6.15. The zero-order chi connectivity index (χ0) is 11.0. The van der Waals surface area contributed by atoms with Crippen molar-refractivity contribution in [1.29, 1.82) is 0 Å². The van der Waals surface area contributed by atoms with Gasteiger partial charge < -0.3 is 10.1 Å². The van der Waals surface area contributed by atoms with E-state index in [9.17, 15) is 9.00 Å². The molecule has 0 aliphatic rings. The maximum atomic E-state index is 11.1. The van der Waals surface area contributed by atoms with E-state index in [-0.39, 0.29) is 18.6 Å². The molecule has 0 saturated carbocycles. The van der Waals surface area contributed by atoms with E-state index in [0.717, 1.165) is 0 Å². The summed E-state index contributed by atoms with van der Waals surface area (Å²) in [6, 6.07) is 0. The first-order chi connectivity index (χ1) is 6.56. The largest absolute Gasteiger partial charge is 0.369 e. The Labute approximate surface area is 87.9 Å². The van der Waals surface area contributed by atoms with E-state index < -0.39 is 10.8 Å². The van der Waals surface area contributed by atoms with E-state index in [1.165, 1.54) is 0 Å². The van der Waals surface area contributed by atoms with Crippen molar-refractivity contribution in [3.05, 3.63) is 0 Å². The molecule has 0 aromatic heterocycles. The Bertz CT molecular complexity index is 194. The first kappa shape index (κ1) is 13.6. The molecule has 1 atom stereocenters. The molecule has 1 N–H and O–H groups in total. The number of carbonyl (C=O) groups is 1. The first-order valence-corrected chi connectivity index (χ1v) is 6.28. The van der Waals surface area contributed by atoms with Crippen molar-refractivity contribution < 1.29 is 13.7 Å². The lowest BCUT2D eigenvalue weighted by Crippen LogP contribution is -2.32. The number of rotatable bonds is 7. The highest BCUT2D eigenvalue weighted by Crippen LogP contribution is 1.86. The fraction of sp³-hybridized carbons (Fsp3) is 0.889. The molecule has 1 unspecified atom stereocenters. The average molecular weight is 221 g/mol. The molecule has 0 heterocycles. The van der Waals surface area contributed by atoms with Crippen LogP contribution in [0.5, 0.6) is 0 Å². The van der Waals surface area contributed by atoms with E-state index in [2.05, 4.69) is 5.32 Å². The predicted molar refractivity (Wildman–Crippen MR) is 57.6 cm³/mol. The Hall–Kier alpha value is -0.420. The highest BCUT2D eigenvalue weighted by atomic mass is 32.2. The minimum Gasteiger partial charge on any atom is -0.369 e. The van der Waals surface area contributed by atoms with Crippen molar-refractivity contribution in [2.24, 2.45) is 0 Å². The van der Waals surface area contributed by atoms with Crippen molar-refractivity contribution in [3.63, 3.8) is 0 Å². The lowest BCUT2D eigenvalue weighted by molar-refractivity contribution is -0.126. The summed E-state index contributed by atoms with van der Waals surface area (Å²) in [7, 11) is -0.812. The Kier molecular flexibility index (Phi) is 7.70. The van der Waals surface area contributed by atoms with Gasteiger partial charge in [0.1, 0.15) is 6.61 Å². The third-order valence-corrected chi connectivity index (χ3v) is 2.83. The topological polar surface area (TPSA) is 55.4 Å². The Morgan fingerprint density at radius 1 is 1.50 bits per heavy atom. The van der Waals surface area contributed by atoms with Gasteiger partial charge in [-0.2, -0.15) is 0 Å². The molecule has 1 amide bonds. The van der Waals surface area contributed by atoms with Crippen LogP contribution in [0, 0.1) is 0 Å². The summed E-state index contributed by atoms with van der Waals surface area (Å²) in [5.74, 6) is 1.01. The maximum Gasteiger partial charge on any atom is 0.246 e. The fourth-order valence-electron chi connectivity index (χ4n) is 0.742. The molecule has 0 radical (unpaired) electrons. The van der Waals surface area contributed by atoms with Crippen LogP contribution < -0.4 is 5.32 Å². The van der Waals surface area contributed by atoms with Gasteiger partial charge in [-0.3, -0.25) is 9.00 Å². The van der Waals surface area contributed by atoms with Crippen LogP contribution in [0.4, 0.5) is 0 Å². The fourth-order valence-corrected chi connectivity index (χ4v) is 1.36. The van der Waals surface area contributed by atoms with Crippen LogP contribution >= 0.6 is 0 Å². The SMILES string of the molecule is CCS(=O)CCNC(=O)COC(C)C. The van der Waals surface area contributed by atoms with Gasteiger partial charge in [-0.15, -0.1) is 0 Å². The highest BCUT2D eigenvalue weighted by Gasteiger charge is 2.03. The summed E-state index contributed by atoms with van der Waals surface area (Å²) in [6.07, 6.45) is 0.0607. The van der Waals surface area contributed by atoms with Crippen LogP contribution in [-0.2, 0) is 20.3 Å². The summed E-state index contributed by atoms with van der Waals surface area (Å²) in [5, 5.41) is 2.65. The monoisotopic (exact) mass is 221 g/mol. The lowest BCUT2D eigenvalue weighted by atomic mass is 10.5. The van der Waals surface area contributed by atoms with Gasteiger partial charge in [0.15, 0.2) is 0 Å². The Morgan fingerprint density at radius 2 is 2.14 bits per heavy atom.